The number of hydrogen-bond donors (Lipinski definition) is 0. The van der Waals surface area contributed by atoms with Crippen molar-refractivity contribution < 1.29 is 0 Å². The highest BCUT2D eigenvalue weighted by molar-refractivity contribution is 8.41. The number of hydrogen-bond acceptors (Lipinski definition) is 12. The van der Waals surface area contributed by atoms with Crippen LogP contribution in [0.1, 0.15) is 243 Å². The number of rotatable bonds is 40. The third-order valence-electron chi connectivity index (χ3n) is 14.2. The Morgan fingerprint density at radius 3 is 0.782 bits per heavy atom. The van der Waals surface area contributed by atoms with Crippen LogP contribution in [-0.2, 0) is 25.7 Å². The van der Waals surface area contributed by atoms with Crippen molar-refractivity contribution in [2.24, 2.45) is 0 Å². The van der Waals surface area contributed by atoms with Crippen molar-refractivity contribution in [2.75, 3.05) is 25.0 Å². The van der Waals surface area contributed by atoms with Crippen LogP contribution in [0.25, 0.3) is 48.6 Å². The molecule has 0 aliphatic carbocycles. The van der Waals surface area contributed by atoms with Crippen LogP contribution in [0.15, 0.2) is 49.7 Å². The fourth-order valence-electron chi connectivity index (χ4n) is 9.79. The zero-order valence-corrected chi connectivity index (χ0v) is 58.4. The highest BCUT2D eigenvalue weighted by Gasteiger charge is 2.22. The molecule has 2 aliphatic rings. The van der Waals surface area contributed by atoms with Crippen molar-refractivity contribution >= 4 is 188 Å². The van der Waals surface area contributed by atoms with Gasteiger partial charge in [0.2, 0.25) is 0 Å². The fourth-order valence-corrected chi connectivity index (χ4v) is 24.1. The molecule has 6 heterocycles. The van der Waals surface area contributed by atoms with Gasteiger partial charge < -0.3 is 0 Å². The van der Waals surface area contributed by atoms with Crippen LogP contribution in [0.3, 0.4) is 0 Å². The molecular formula is C66H92S12. The summed E-state index contributed by atoms with van der Waals surface area (Å²) in [6.07, 6.45) is 65.2. The molecule has 428 valence electrons. The molecule has 78 heavy (non-hydrogen) atoms. The van der Waals surface area contributed by atoms with E-state index in [4.69, 9.17) is 0 Å². The van der Waals surface area contributed by atoms with Gasteiger partial charge in [-0.25, -0.2) is 0 Å². The zero-order valence-electron chi connectivity index (χ0n) is 48.6. The number of thioether (sulfide) groups is 8. The Labute approximate surface area is 526 Å². The summed E-state index contributed by atoms with van der Waals surface area (Å²) in [5.74, 6) is 0. The maximum Gasteiger partial charge on any atom is 0.0657 e. The van der Waals surface area contributed by atoms with Gasteiger partial charge >= 0.3 is 0 Å². The van der Waals surface area contributed by atoms with Crippen LogP contribution in [0.2, 0.25) is 0 Å². The van der Waals surface area contributed by atoms with Crippen molar-refractivity contribution in [2.45, 2.75) is 207 Å². The van der Waals surface area contributed by atoms with Gasteiger partial charge in [0.05, 0.1) is 25.4 Å². The number of thiophene rings is 4. The van der Waals surface area contributed by atoms with Crippen LogP contribution in [-0.4, -0.2) is 25.0 Å². The van der Waals surface area contributed by atoms with Crippen LogP contribution < -0.4 is 0 Å². The lowest BCUT2D eigenvalue weighted by Gasteiger charge is -2.03. The topological polar surface area (TPSA) is 0 Å². The Balaban J connectivity index is 1.27. The van der Waals surface area contributed by atoms with Crippen molar-refractivity contribution in [1.82, 2.24) is 0 Å². The van der Waals surface area contributed by atoms with E-state index >= 15 is 0 Å². The van der Waals surface area contributed by atoms with Gasteiger partial charge in [-0.3, -0.25) is 0 Å². The molecule has 0 radical (unpaired) electrons. The SMILES string of the molecule is CCCCCCCCc1cc(C=C2SC(SC)=C(SC)S2)sc1/C=C/c1sc(/C=C/c2cc(CCCCCCCC)c(/C=C/c3sc(C=C4SC(SC)=C(SC)S4)cc3CCCCCCCC)s2)cc1CCCCCCCC. The molecule has 4 aromatic heterocycles. The van der Waals surface area contributed by atoms with Gasteiger partial charge in [0, 0.05) is 39.0 Å². The minimum absolute atomic E-state index is 1.16. The average molecular weight is 1270 g/mol. The van der Waals surface area contributed by atoms with Crippen LogP contribution >= 0.6 is 139 Å². The Morgan fingerprint density at radius 1 is 0.295 bits per heavy atom. The molecule has 12 heteroatoms. The first-order chi connectivity index (χ1) is 38.3. The Morgan fingerprint density at radius 2 is 0.526 bits per heavy atom. The second kappa shape index (κ2) is 39.4. The maximum atomic E-state index is 2.53. The molecule has 0 N–H and O–H groups in total. The van der Waals surface area contributed by atoms with Crippen LogP contribution in [0, 0.1) is 0 Å². The van der Waals surface area contributed by atoms with E-state index in [9.17, 15) is 0 Å². The molecular weight excluding hydrogens is 1180 g/mol. The first kappa shape index (κ1) is 66.9. The van der Waals surface area contributed by atoms with Gasteiger partial charge in [-0.2, -0.15) is 0 Å². The Kier molecular flexibility index (Phi) is 33.8. The molecule has 0 bridgehead atoms. The van der Waals surface area contributed by atoms with Crippen molar-refractivity contribution in [3.63, 3.8) is 0 Å². The minimum Gasteiger partial charge on any atom is -0.136 e. The van der Waals surface area contributed by atoms with E-state index in [0.29, 0.717) is 0 Å². The normalized spacial score (nSPS) is 14.3. The summed E-state index contributed by atoms with van der Waals surface area (Å²) in [5, 5.41) is 0. The highest BCUT2D eigenvalue weighted by atomic mass is 32.3. The quantitative estimate of drug-likeness (QED) is 0.0399. The van der Waals surface area contributed by atoms with Crippen molar-refractivity contribution in [3.8, 4) is 0 Å². The number of aryl methyl sites for hydroxylation is 4. The summed E-state index contributed by atoms with van der Waals surface area (Å²) in [7, 11) is 0. The molecule has 4 aromatic rings. The first-order valence-corrected chi connectivity index (χ1v) is 41.1. The average Bonchev–Trinajstić information content (AvgIpc) is 4.33. The van der Waals surface area contributed by atoms with Crippen LogP contribution in [0.4, 0.5) is 0 Å². The van der Waals surface area contributed by atoms with Gasteiger partial charge in [0.1, 0.15) is 0 Å². The Hall–Kier alpha value is -0.220. The summed E-state index contributed by atoms with van der Waals surface area (Å²) in [4.78, 5) is 11.3. The molecule has 0 unspecified atom stereocenters. The lowest BCUT2D eigenvalue weighted by atomic mass is 10.0. The predicted molar refractivity (Wildman–Crippen MR) is 387 cm³/mol. The lowest BCUT2D eigenvalue weighted by Crippen LogP contribution is -1.87. The largest absolute Gasteiger partial charge is 0.136 e. The van der Waals surface area contributed by atoms with E-state index in [2.05, 4.69) is 126 Å². The molecule has 2 aliphatic heterocycles. The van der Waals surface area contributed by atoms with E-state index in [1.54, 1.807) is 0 Å². The third-order valence-corrected chi connectivity index (χ3v) is 28.8. The lowest BCUT2D eigenvalue weighted by molar-refractivity contribution is 0.607. The van der Waals surface area contributed by atoms with Gasteiger partial charge in [-0.15, -0.1) is 92.4 Å². The molecule has 0 saturated heterocycles. The minimum atomic E-state index is 1.16. The molecule has 0 saturated carbocycles. The second-order valence-corrected chi connectivity index (χ2v) is 34.0. The summed E-state index contributed by atoms with van der Waals surface area (Å²) >= 11 is 23.4. The monoisotopic (exact) mass is 1270 g/mol. The van der Waals surface area contributed by atoms with E-state index < -0.39 is 0 Å². The third kappa shape index (κ3) is 23.3. The molecule has 0 fully saturated rings. The van der Waals surface area contributed by atoms with Gasteiger partial charge in [-0.1, -0.05) is 203 Å². The predicted octanol–water partition coefficient (Wildman–Crippen LogP) is 27.3. The van der Waals surface area contributed by atoms with E-state index in [1.165, 1.54) is 254 Å². The molecule has 0 amide bonds. The van der Waals surface area contributed by atoms with E-state index in [1.807, 2.05) is 139 Å². The molecule has 0 atom stereocenters. The van der Waals surface area contributed by atoms with Crippen LogP contribution in [0.5, 0.6) is 0 Å². The summed E-state index contributed by atoms with van der Waals surface area (Å²) < 4.78 is 8.61. The van der Waals surface area contributed by atoms with E-state index in [-0.39, 0.29) is 0 Å². The smallest absolute Gasteiger partial charge is 0.0657 e. The first-order valence-electron chi connectivity index (χ1n) is 29.7. The molecule has 0 spiro atoms. The van der Waals surface area contributed by atoms with Gasteiger partial charge in [0.15, 0.2) is 0 Å². The fraction of sp³-hybridized carbons (Fsp3) is 0.545. The number of unbranched alkanes of at least 4 members (excludes halogenated alkanes) is 20. The molecule has 0 nitrogen and oxygen atoms in total. The Bertz CT molecular complexity index is 2390. The highest BCUT2D eigenvalue weighted by Crippen LogP contribution is 2.58. The van der Waals surface area contributed by atoms with Crippen molar-refractivity contribution in [1.29, 1.82) is 0 Å². The van der Waals surface area contributed by atoms with Gasteiger partial charge in [0.25, 0.3) is 0 Å². The second-order valence-electron chi connectivity index (χ2n) is 20.5. The van der Waals surface area contributed by atoms with Crippen molar-refractivity contribution in [3.05, 3.63) is 111 Å². The maximum absolute atomic E-state index is 2.53. The summed E-state index contributed by atoms with van der Waals surface area (Å²) in [6, 6.07) is 10.1. The molecule has 0 aromatic carbocycles. The van der Waals surface area contributed by atoms with E-state index in [0.717, 1.165) is 12.8 Å². The zero-order chi connectivity index (χ0) is 55.2. The summed E-state index contributed by atoms with van der Waals surface area (Å²) in [6.45, 7) is 9.28. The van der Waals surface area contributed by atoms with Gasteiger partial charge in [-0.05, 0) is 172 Å². The standard InChI is InChI=1S/C66H92S12/c1-9-13-17-21-25-29-33-49-43-53(71-57(49)39-41-59-51(35-31-27-23-19-15-11-3)45-55(73-59)47-61-75-63(67-5)64(68-6)76-61)37-38-54-44-50(34-30-26-22-18-14-10-2)58(72-54)40-42-60-52(36-32-28-24-20-16-12-4)46-56(74-60)48-62-77-65(69-7)66(70-8)78-62/h37-48H,9-36H2,1-8H3/b38-37+,41-39+,42-40+. The summed E-state index contributed by atoms with van der Waals surface area (Å²) in [5.41, 5.74) is 6.12. The molecule has 6 rings (SSSR count).